The van der Waals surface area contributed by atoms with E-state index in [-0.39, 0.29) is 18.9 Å². The van der Waals surface area contributed by atoms with E-state index in [9.17, 15) is 61.0 Å². The number of allylic oxidation sites excluding steroid dienone is 5. The summed E-state index contributed by atoms with van der Waals surface area (Å²) in [7, 11) is 0. The fourth-order valence-electron chi connectivity index (χ4n) is 13.3. The average Bonchev–Trinajstić information content (AvgIpc) is 0.788. The van der Waals surface area contributed by atoms with E-state index >= 15 is 0 Å². The lowest BCUT2D eigenvalue weighted by atomic mass is 9.96. The Bertz CT molecular complexity index is 1880. The highest BCUT2D eigenvalue weighted by Crippen LogP contribution is 2.33. The predicted molar refractivity (Wildman–Crippen MR) is 379 cm³/mol. The zero-order chi connectivity index (χ0) is 69.6. The van der Waals surface area contributed by atoms with Crippen LogP contribution < -0.4 is 5.32 Å². The Morgan fingerprint density at radius 3 is 1.04 bits per heavy atom. The lowest BCUT2D eigenvalue weighted by Gasteiger charge is -2.48. The normalized spacial score (nSPS) is 27.2. The number of aliphatic hydroxyl groups excluding tert-OH is 11. The van der Waals surface area contributed by atoms with Gasteiger partial charge in [0.1, 0.15) is 73.2 Å². The van der Waals surface area contributed by atoms with E-state index < -0.39 is 124 Å². The Morgan fingerprint density at radius 2 is 0.667 bits per heavy atom. The summed E-state index contributed by atoms with van der Waals surface area (Å²) in [6, 6.07) is -0.991. The Labute approximate surface area is 581 Å². The minimum Gasteiger partial charge on any atom is -0.394 e. The Morgan fingerprint density at radius 1 is 0.365 bits per heavy atom. The third-order valence-electron chi connectivity index (χ3n) is 19.7. The molecule has 0 aliphatic carbocycles. The first kappa shape index (κ1) is 88.2. The SMILES string of the molecule is CCCCCCCCCC/C=C\CCCCCCCCCCCCCC(=O)NC(COC1OC(CO)C(OC2OC(CO)C(OC3OC(CO)C(O)C(O)C3O)C(O)C2O)C(O)C1O)C(O)/C=C/CC/C=C/CCCCCCCCCCCCCCCCCCCCCCCC. The van der Waals surface area contributed by atoms with E-state index in [1.165, 1.54) is 244 Å². The van der Waals surface area contributed by atoms with Crippen molar-refractivity contribution in [1.82, 2.24) is 5.32 Å². The summed E-state index contributed by atoms with van der Waals surface area (Å²) in [4.78, 5) is 13.5. The molecule has 0 spiro atoms. The largest absolute Gasteiger partial charge is 0.394 e. The molecule has 19 heteroatoms. The van der Waals surface area contributed by atoms with Crippen molar-refractivity contribution in [3.63, 3.8) is 0 Å². The summed E-state index contributed by atoms with van der Waals surface area (Å²) in [5.41, 5.74) is 0. The second-order valence-corrected chi connectivity index (χ2v) is 28.2. The highest BCUT2D eigenvalue weighted by Gasteiger charge is 2.53. The zero-order valence-electron chi connectivity index (χ0n) is 60.1. The van der Waals surface area contributed by atoms with Crippen LogP contribution in [0.5, 0.6) is 0 Å². The first-order valence-electron chi connectivity index (χ1n) is 39.2. The number of ether oxygens (including phenoxy) is 6. The average molecular weight is 1370 g/mol. The Balaban J connectivity index is 1.40. The van der Waals surface area contributed by atoms with Gasteiger partial charge in [0, 0.05) is 6.42 Å². The molecule has 96 heavy (non-hydrogen) atoms. The van der Waals surface area contributed by atoms with Crippen LogP contribution in [0.2, 0.25) is 0 Å². The van der Waals surface area contributed by atoms with Crippen molar-refractivity contribution >= 4 is 5.91 Å². The molecule has 17 atom stereocenters. The van der Waals surface area contributed by atoms with Crippen LogP contribution in [0.15, 0.2) is 36.5 Å². The third-order valence-corrected chi connectivity index (χ3v) is 19.7. The molecule has 0 saturated carbocycles. The van der Waals surface area contributed by atoms with Crippen molar-refractivity contribution in [2.24, 2.45) is 0 Å². The molecule has 3 aliphatic heterocycles. The molecule has 3 fully saturated rings. The molecule has 0 radical (unpaired) electrons. The van der Waals surface area contributed by atoms with E-state index in [2.05, 4.69) is 43.5 Å². The number of amides is 1. The first-order chi connectivity index (χ1) is 46.8. The summed E-state index contributed by atoms with van der Waals surface area (Å²) < 4.78 is 34.4. The third kappa shape index (κ3) is 38.9. The van der Waals surface area contributed by atoms with E-state index in [1.807, 2.05) is 6.08 Å². The molecule has 0 bridgehead atoms. The number of nitrogens with one attached hydrogen (secondary N) is 1. The molecular weight excluding hydrogens is 1230 g/mol. The number of rotatable bonds is 62. The smallest absolute Gasteiger partial charge is 0.220 e. The molecule has 1 amide bonds. The quantitative estimate of drug-likeness (QED) is 0.0199. The molecule has 12 N–H and O–H groups in total. The van der Waals surface area contributed by atoms with Crippen LogP contribution in [-0.2, 0) is 33.2 Å². The highest BCUT2D eigenvalue weighted by atomic mass is 16.8. The molecular formula is C77H143NO18. The van der Waals surface area contributed by atoms with Crippen molar-refractivity contribution in [3.05, 3.63) is 36.5 Å². The van der Waals surface area contributed by atoms with Gasteiger partial charge in [-0.3, -0.25) is 4.79 Å². The van der Waals surface area contributed by atoms with E-state index in [1.54, 1.807) is 6.08 Å². The van der Waals surface area contributed by atoms with E-state index in [0.29, 0.717) is 12.8 Å². The summed E-state index contributed by atoms with van der Waals surface area (Å²) >= 11 is 0. The van der Waals surface area contributed by atoms with Crippen molar-refractivity contribution < 1.29 is 89.4 Å². The summed E-state index contributed by atoms with van der Waals surface area (Å²) in [5.74, 6) is -0.282. The maximum atomic E-state index is 13.5. The van der Waals surface area contributed by atoms with Crippen LogP contribution in [0.4, 0.5) is 0 Å². The second kappa shape index (κ2) is 58.5. The maximum absolute atomic E-state index is 13.5. The van der Waals surface area contributed by atoms with Gasteiger partial charge in [-0.15, -0.1) is 0 Å². The van der Waals surface area contributed by atoms with Crippen molar-refractivity contribution in [2.45, 2.75) is 420 Å². The Kier molecular flexibility index (Phi) is 53.8. The van der Waals surface area contributed by atoms with Crippen LogP contribution in [0.25, 0.3) is 0 Å². The van der Waals surface area contributed by atoms with Gasteiger partial charge in [-0.1, -0.05) is 288 Å². The van der Waals surface area contributed by atoms with E-state index in [0.717, 1.165) is 38.5 Å². The maximum Gasteiger partial charge on any atom is 0.220 e. The van der Waals surface area contributed by atoms with Gasteiger partial charge in [-0.05, 0) is 57.8 Å². The summed E-state index contributed by atoms with van der Waals surface area (Å²) in [6.07, 6.45) is 44.2. The van der Waals surface area contributed by atoms with Gasteiger partial charge in [-0.2, -0.15) is 0 Å². The van der Waals surface area contributed by atoms with Gasteiger partial charge in [0.05, 0.1) is 38.6 Å². The number of hydrogen-bond donors (Lipinski definition) is 12. The van der Waals surface area contributed by atoms with Gasteiger partial charge in [0.25, 0.3) is 0 Å². The number of aliphatic hydroxyl groups is 11. The fourth-order valence-corrected chi connectivity index (χ4v) is 13.3. The minimum absolute atomic E-state index is 0.236. The lowest BCUT2D eigenvalue weighted by Crippen LogP contribution is -2.66. The predicted octanol–water partition coefficient (Wildman–Crippen LogP) is 12.3. The molecule has 17 unspecified atom stereocenters. The number of hydrogen-bond acceptors (Lipinski definition) is 18. The number of carbonyl (C=O) groups excluding carboxylic acids is 1. The van der Waals surface area contributed by atoms with Crippen LogP contribution >= 0.6 is 0 Å². The number of carbonyl (C=O) groups is 1. The van der Waals surface area contributed by atoms with Crippen molar-refractivity contribution in [3.8, 4) is 0 Å². The molecule has 564 valence electrons. The van der Waals surface area contributed by atoms with Crippen molar-refractivity contribution in [1.29, 1.82) is 0 Å². The fraction of sp³-hybridized carbons (Fsp3) is 0.909. The van der Waals surface area contributed by atoms with Gasteiger partial charge >= 0.3 is 0 Å². The van der Waals surface area contributed by atoms with E-state index in [4.69, 9.17) is 28.4 Å². The lowest BCUT2D eigenvalue weighted by molar-refractivity contribution is -0.379. The molecule has 3 aliphatic rings. The molecule has 0 aromatic rings. The van der Waals surface area contributed by atoms with Crippen LogP contribution in [0.1, 0.15) is 316 Å². The monoisotopic (exact) mass is 1370 g/mol. The summed E-state index contributed by atoms with van der Waals surface area (Å²) in [5, 5.41) is 121. The molecule has 3 rings (SSSR count). The molecule has 0 aromatic heterocycles. The molecule has 3 saturated heterocycles. The standard InChI is InChI=1S/C77H143NO18/c1-3-5-7-9-11-13-15-17-19-21-23-25-27-28-29-30-31-33-34-36-38-40-42-44-46-48-50-52-54-61(82)60(78-65(83)55-53-51-49-47-45-43-41-39-37-35-32-26-24-22-20-18-16-14-12-10-8-6-4-2)59-91-75-71(89)68(86)73(63(57-80)93-75)96-77-72(90)69(87)74(64(58-81)94-77)95-76-70(88)67(85)66(84)62(56-79)92-76/h22,24,44,46,52,54,60-64,66-77,79-82,84-90H,3-21,23,25-43,45,47-51,53,55-59H2,1-2H3,(H,78,83)/b24-22-,46-44+,54-52+. The van der Waals surface area contributed by atoms with Crippen molar-refractivity contribution in [2.75, 3.05) is 26.4 Å². The van der Waals surface area contributed by atoms with Gasteiger partial charge in [0.2, 0.25) is 5.91 Å². The van der Waals surface area contributed by atoms with Gasteiger partial charge in [0.15, 0.2) is 18.9 Å². The number of unbranched alkanes of at least 4 members (excludes halogenated alkanes) is 42. The summed E-state index contributed by atoms with van der Waals surface area (Å²) in [6.45, 7) is 1.76. The molecule has 19 nitrogen and oxygen atoms in total. The first-order valence-corrected chi connectivity index (χ1v) is 39.2. The zero-order valence-corrected chi connectivity index (χ0v) is 60.1. The minimum atomic E-state index is -1.98. The Hall–Kier alpha value is -1.99. The van der Waals surface area contributed by atoms with Gasteiger partial charge < -0.3 is 89.9 Å². The topological polar surface area (TPSA) is 307 Å². The molecule has 3 heterocycles. The molecule has 0 aromatic carbocycles. The second-order valence-electron chi connectivity index (χ2n) is 28.2. The van der Waals surface area contributed by atoms with Crippen LogP contribution in [0.3, 0.4) is 0 Å². The highest BCUT2D eigenvalue weighted by molar-refractivity contribution is 5.76. The van der Waals surface area contributed by atoms with Crippen LogP contribution in [-0.4, -0.2) is 193 Å². The van der Waals surface area contributed by atoms with Crippen LogP contribution in [0, 0.1) is 0 Å². The van der Waals surface area contributed by atoms with Gasteiger partial charge in [-0.25, -0.2) is 0 Å².